The van der Waals surface area contributed by atoms with Gasteiger partial charge in [0.2, 0.25) is 0 Å². The van der Waals surface area contributed by atoms with Crippen molar-refractivity contribution in [2.45, 2.75) is 25.9 Å². The lowest BCUT2D eigenvalue weighted by Gasteiger charge is -2.11. The highest BCUT2D eigenvalue weighted by Gasteiger charge is 2.16. The summed E-state index contributed by atoms with van der Waals surface area (Å²) in [6, 6.07) is 11.9. The van der Waals surface area contributed by atoms with E-state index in [2.05, 4.69) is 43.1 Å². The predicted octanol–water partition coefficient (Wildman–Crippen LogP) is 4.69. The van der Waals surface area contributed by atoms with Gasteiger partial charge in [-0.05, 0) is 56.2 Å². The number of Topliss-reactive ketones (excluding diaryl/α,β-unsaturated/α-hetero) is 1. The number of aromatic nitrogens is 3. The van der Waals surface area contributed by atoms with E-state index in [0.29, 0.717) is 10.7 Å². The number of pyridine rings is 1. The lowest BCUT2D eigenvalue weighted by atomic mass is 10.0. The molecule has 4 aromatic rings. The normalized spacial score (nSPS) is 11.3. The van der Waals surface area contributed by atoms with E-state index in [1.165, 1.54) is 41.6 Å². The van der Waals surface area contributed by atoms with Crippen molar-refractivity contribution < 1.29 is 9.72 Å². The zero-order valence-corrected chi connectivity index (χ0v) is 17.0. The molecule has 146 valence electrons. The van der Waals surface area contributed by atoms with Gasteiger partial charge in [0.1, 0.15) is 0 Å². The van der Waals surface area contributed by atoms with E-state index < -0.39 is 4.92 Å². The summed E-state index contributed by atoms with van der Waals surface area (Å²) in [4.78, 5) is 22.8. The van der Waals surface area contributed by atoms with E-state index in [9.17, 15) is 14.9 Å². The van der Waals surface area contributed by atoms with Crippen LogP contribution in [0.1, 0.15) is 27.0 Å². The minimum atomic E-state index is -0.484. The topological polar surface area (TPSA) is 90.4 Å². The summed E-state index contributed by atoms with van der Waals surface area (Å²) in [7, 11) is 0. The number of non-ortho nitro benzene ring substituents is 1. The van der Waals surface area contributed by atoms with Gasteiger partial charge in [-0.15, -0.1) is 10.2 Å². The number of carbonyl (C=O) groups is 1. The van der Waals surface area contributed by atoms with Crippen molar-refractivity contribution in [2.75, 3.05) is 5.75 Å². The predicted molar refractivity (Wildman–Crippen MR) is 113 cm³/mol. The highest BCUT2D eigenvalue weighted by Crippen LogP contribution is 2.29. The molecule has 8 heteroatoms. The number of hydrogen-bond acceptors (Lipinski definition) is 6. The molecule has 0 saturated heterocycles. The molecule has 7 nitrogen and oxygen atoms in total. The smallest absolute Gasteiger partial charge is 0.269 e. The highest BCUT2D eigenvalue weighted by atomic mass is 32.2. The molecule has 0 bridgehead atoms. The Kier molecular flexibility index (Phi) is 4.79. The summed E-state index contributed by atoms with van der Waals surface area (Å²) in [5.74, 6) is 0.0458. The number of ketones is 1. The van der Waals surface area contributed by atoms with Crippen LogP contribution in [0.3, 0.4) is 0 Å². The van der Waals surface area contributed by atoms with E-state index in [-0.39, 0.29) is 17.2 Å². The summed E-state index contributed by atoms with van der Waals surface area (Å²) >= 11 is 1.31. The molecule has 0 atom stereocenters. The molecule has 0 amide bonds. The molecular weight excluding hydrogens is 388 g/mol. The maximum Gasteiger partial charge on any atom is 0.269 e. The summed E-state index contributed by atoms with van der Waals surface area (Å²) in [6.45, 7) is 6.19. The summed E-state index contributed by atoms with van der Waals surface area (Å²) < 4.78 is 1.99. The van der Waals surface area contributed by atoms with Crippen LogP contribution in [0.15, 0.2) is 47.6 Å². The van der Waals surface area contributed by atoms with Gasteiger partial charge in [0.25, 0.3) is 5.69 Å². The van der Waals surface area contributed by atoms with Gasteiger partial charge in [0, 0.05) is 23.1 Å². The molecular formula is C21H18N4O3S. The molecule has 0 saturated carbocycles. The van der Waals surface area contributed by atoms with Crippen LogP contribution >= 0.6 is 11.8 Å². The van der Waals surface area contributed by atoms with E-state index >= 15 is 0 Å². The zero-order chi connectivity index (χ0) is 20.7. The average Bonchev–Trinajstić information content (AvgIpc) is 3.08. The Hall–Kier alpha value is -3.26. The van der Waals surface area contributed by atoms with Crippen LogP contribution in [0.2, 0.25) is 0 Å². The largest absolute Gasteiger partial charge is 0.293 e. The third-order valence-electron chi connectivity index (χ3n) is 4.83. The molecule has 4 rings (SSSR count). The fraction of sp³-hybridized carbons (Fsp3) is 0.190. The van der Waals surface area contributed by atoms with Crippen LogP contribution in [0.4, 0.5) is 5.69 Å². The maximum absolute atomic E-state index is 12.5. The third kappa shape index (κ3) is 3.47. The summed E-state index contributed by atoms with van der Waals surface area (Å²) in [6.07, 6.45) is 0. The lowest BCUT2D eigenvalue weighted by Crippen LogP contribution is -2.04. The quantitative estimate of drug-likeness (QED) is 0.207. The van der Waals surface area contributed by atoms with Crippen LogP contribution in [0, 0.1) is 30.9 Å². The molecule has 2 aromatic carbocycles. The Labute approximate surface area is 170 Å². The number of rotatable bonds is 5. The lowest BCUT2D eigenvalue weighted by molar-refractivity contribution is -0.384. The van der Waals surface area contributed by atoms with Crippen molar-refractivity contribution in [3.05, 3.63) is 74.8 Å². The molecule has 0 N–H and O–H groups in total. The molecule has 0 aliphatic rings. The van der Waals surface area contributed by atoms with Gasteiger partial charge < -0.3 is 0 Å². The van der Waals surface area contributed by atoms with Crippen LogP contribution in [-0.2, 0) is 0 Å². The highest BCUT2D eigenvalue weighted by molar-refractivity contribution is 7.99. The molecule has 29 heavy (non-hydrogen) atoms. The Bertz CT molecular complexity index is 1280. The Morgan fingerprint density at radius 3 is 2.48 bits per heavy atom. The van der Waals surface area contributed by atoms with E-state index in [4.69, 9.17) is 0 Å². The number of nitro benzene ring substituents is 1. The van der Waals surface area contributed by atoms with Gasteiger partial charge in [-0.1, -0.05) is 23.4 Å². The minimum Gasteiger partial charge on any atom is -0.293 e. The summed E-state index contributed by atoms with van der Waals surface area (Å²) in [5, 5.41) is 21.1. The van der Waals surface area contributed by atoms with Crippen molar-refractivity contribution in [2.24, 2.45) is 0 Å². The fourth-order valence-electron chi connectivity index (χ4n) is 3.49. The number of nitro groups is 1. The van der Waals surface area contributed by atoms with Gasteiger partial charge in [-0.25, -0.2) is 0 Å². The van der Waals surface area contributed by atoms with Crippen molar-refractivity contribution in [1.82, 2.24) is 14.6 Å². The van der Waals surface area contributed by atoms with Crippen LogP contribution in [0.5, 0.6) is 0 Å². The van der Waals surface area contributed by atoms with Crippen molar-refractivity contribution in [3.8, 4) is 0 Å². The van der Waals surface area contributed by atoms with Gasteiger partial charge in [0.05, 0.1) is 16.2 Å². The maximum atomic E-state index is 12.5. The number of thioether (sulfide) groups is 1. The van der Waals surface area contributed by atoms with Crippen LogP contribution in [0.25, 0.3) is 16.6 Å². The summed E-state index contributed by atoms with van der Waals surface area (Å²) in [5.41, 5.74) is 5.62. The second kappa shape index (κ2) is 7.29. The number of carbonyl (C=O) groups excluding carboxylic acids is 1. The first kappa shape index (κ1) is 19.1. The van der Waals surface area contributed by atoms with Gasteiger partial charge in [-0.3, -0.25) is 19.3 Å². The Balaban J connectivity index is 1.67. The first-order chi connectivity index (χ1) is 13.8. The minimum absolute atomic E-state index is 0.0368. The SMILES string of the molecule is Cc1cc(C)c2c(c1)c(C)cc1nnc(SCC(=O)c3ccc([N+](=O)[O-])cc3)n12. The molecule has 0 fully saturated rings. The van der Waals surface area contributed by atoms with E-state index in [1.807, 2.05) is 10.5 Å². The van der Waals surface area contributed by atoms with Gasteiger partial charge in [0.15, 0.2) is 16.6 Å². The Morgan fingerprint density at radius 2 is 1.79 bits per heavy atom. The second-order valence-corrected chi connectivity index (χ2v) is 7.94. The monoisotopic (exact) mass is 406 g/mol. The van der Waals surface area contributed by atoms with Crippen LogP contribution < -0.4 is 0 Å². The number of fused-ring (bicyclic) bond motifs is 3. The molecule has 2 heterocycles. The molecule has 0 spiro atoms. The molecule has 0 radical (unpaired) electrons. The van der Waals surface area contributed by atoms with Gasteiger partial charge >= 0.3 is 0 Å². The molecule has 0 aliphatic carbocycles. The van der Waals surface area contributed by atoms with E-state index in [0.717, 1.165) is 27.7 Å². The first-order valence-corrected chi connectivity index (χ1v) is 10.00. The average molecular weight is 406 g/mol. The Morgan fingerprint density at radius 1 is 1.07 bits per heavy atom. The molecule has 0 aliphatic heterocycles. The number of aryl methyl sites for hydroxylation is 3. The number of hydrogen-bond donors (Lipinski definition) is 0. The third-order valence-corrected chi connectivity index (χ3v) is 5.76. The molecule has 2 aromatic heterocycles. The van der Waals surface area contributed by atoms with Crippen molar-refractivity contribution >= 4 is 39.8 Å². The number of nitrogens with zero attached hydrogens (tertiary/aromatic N) is 4. The zero-order valence-electron chi connectivity index (χ0n) is 16.2. The van der Waals surface area contributed by atoms with Crippen molar-refractivity contribution in [3.63, 3.8) is 0 Å². The number of benzene rings is 2. The van der Waals surface area contributed by atoms with Crippen molar-refractivity contribution in [1.29, 1.82) is 0 Å². The van der Waals surface area contributed by atoms with Crippen LogP contribution in [-0.4, -0.2) is 31.1 Å². The fourth-order valence-corrected chi connectivity index (χ4v) is 4.33. The molecule has 0 unspecified atom stereocenters. The second-order valence-electron chi connectivity index (χ2n) is 7.00. The van der Waals surface area contributed by atoms with Gasteiger partial charge in [-0.2, -0.15) is 0 Å². The van der Waals surface area contributed by atoms with E-state index in [1.54, 1.807) is 0 Å². The first-order valence-electron chi connectivity index (χ1n) is 9.01. The standard InChI is InChI=1S/C21H18N4O3S/c1-12-8-14(3)20-17(9-12)13(2)10-19-22-23-21(24(19)20)29-11-18(26)15-4-6-16(7-5-15)25(27)28/h4-10H,11H2,1-3H3.